The summed E-state index contributed by atoms with van der Waals surface area (Å²) in [7, 11) is 0. The van der Waals surface area contributed by atoms with Gasteiger partial charge in [-0.05, 0) is 22.9 Å². The lowest BCUT2D eigenvalue weighted by Gasteiger charge is -1.69. The van der Waals surface area contributed by atoms with Crippen LogP contribution in [0.25, 0.3) is 0 Å². The van der Waals surface area contributed by atoms with Gasteiger partial charge in [0.05, 0.1) is 24.2 Å². The molecule has 4 aromatic heterocycles. The zero-order valence-corrected chi connectivity index (χ0v) is 26.3. The molecule has 7 heteroatoms. The highest BCUT2D eigenvalue weighted by Crippen LogP contribution is 1.91. The average molecular weight is 581 g/mol. The summed E-state index contributed by atoms with van der Waals surface area (Å²) < 4.78 is 9.06. The van der Waals surface area contributed by atoms with Crippen molar-refractivity contribution in [3.63, 3.8) is 0 Å². The highest BCUT2D eigenvalue weighted by atomic mass is 32.1. The van der Waals surface area contributed by atoms with Gasteiger partial charge in [0, 0.05) is 21.4 Å². The summed E-state index contributed by atoms with van der Waals surface area (Å²) in [6.45, 7) is 20.0. The number of hydrogen-bond acceptors (Lipinski definition) is 6. The third-order valence-corrected chi connectivity index (χ3v) is 3.36. The fourth-order valence-electron chi connectivity index (χ4n) is 1.19. The molecule has 0 aliphatic heterocycles. The normalized spacial score (nSPS) is 6.10. The van der Waals surface area contributed by atoms with Gasteiger partial charge in [-0.1, -0.05) is 133 Å². The molecule has 3 radical (unpaired) electrons. The Labute approximate surface area is 254 Å². The van der Waals surface area contributed by atoms with Crippen molar-refractivity contribution < 1.29 is 10.3 Å². The maximum Gasteiger partial charge on any atom is 0.180 e. The Balaban J connectivity index is -0.0000000389. The van der Waals surface area contributed by atoms with Crippen LogP contribution in [-0.4, -0.2) is 18.4 Å². The second-order valence-electron chi connectivity index (χ2n) is 4.09. The fraction of sp³-hybridized carbons (Fsp3) is 0.375. The molecule has 0 atom stereocenters. The van der Waals surface area contributed by atoms with Crippen LogP contribution >= 0.6 is 22.7 Å². The first-order valence-corrected chi connectivity index (χ1v) is 14.5. The molecule has 1 aromatic carbocycles. The second kappa shape index (κ2) is 76.5. The molecule has 0 spiro atoms. The summed E-state index contributed by atoms with van der Waals surface area (Å²) in [5.41, 5.74) is 1.79. The zero-order chi connectivity index (χ0) is 28.4. The van der Waals surface area contributed by atoms with E-state index in [2.05, 4.69) is 18.8 Å². The van der Waals surface area contributed by atoms with Gasteiger partial charge in [0.2, 0.25) is 0 Å². The molecule has 0 saturated heterocycles. The Hall–Kier alpha value is -2.90. The third kappa shape index (κ3) is 72.1. The van der Waals surface area contributed by atoms with Crippen LogP contribution in [0.4, 0.5) is 0 Å². The van der Waals surface area contributed by atoms with Crippen molar-refractivity contribution >= 4 is 31.1 Å². The SMILES string of the molecule is C.C.CC.CC.CC.CC.CC.[2HH].[B].c1ccccc1.c1ccoc1.c1ccsc1.c1cocn1.c1cscn1. The van der Waals surface area contributed by atoms with Gasteiger partial charge in [0.15, 0.2) is 6.39 Å². The number of nitrogens with zero attached hydrogens (tertiary/aromatic N) is 2. The number of hydrogen-bond donors (Lipinski definition) is 0. The maximum atomic E-state index is 4.58. The second-order valence-corrected chi connectivity index (χ2v) is 5.66. The molecule has 0 N–H and O–H groups in total. The van der Waals surface area contributed by atoms with E-state index in [1.165, 1.54) is 12.7 Å². The first-order valence-electron chi connectivity index (χ1n) is 12.6. The summed E-state index contributed by atoms with van der Waals surface area (Å²) in [5.74, 6) is 0. The van der Waals surface area contributed by atoms with Gasteiger partial charge in [0.25, 0.3) is 0 Å². The van der Waals surface area contributed by atoms with Crippen molar-refractivity contribution in [2.45, 2.75) is 84.1 Å². The predicted octanol–water partition coefficient (Wildman–Crippen LogP) is 12.8. The summed E-state index contributed by atoms with van der Waals surface area (Å²) in [4.78, 5) is 7.30. The van der Waals surface area contributed by atoms with Gasteiger partial charge < -0.3 is 8.83 Å². The minimum Gasteiger partial charge on any atom is -0.473 e. The van der Waals surface area contributed by atoms with Crippen LogP contribution in [0.5, 0.6) is 0 Å². The largest absolute Gasteiger partial charge is 0.473 e. The van der Waals surface area contributed by atoms with E-state index in [0.717, 1.165) is 0 Å². The summed E-state index contributed by atoms with van der Waals surface area (Å²) in [6, 6.07) is 19.7. The van der Waals surface area contributed by atoms with Gasteiger partial charge in [0.1, 0.15) is 6.26 Å². The van der Waals surface area contributed by atoms with E-state index >= 15 is 0 Å². The smallest absolute Gasteiger partial charge is 0.180 e. The van der Waals surface area contributed by atoms with Crippen LogP contribution in [0.1, 0.15) is 85.5 Å². The molecule has 0 aliphatic rings. The van der Waals surface area contributed by atoms with Gasteiger partial charge in [-0.2, -0.15) is 11.3 Å². The van der Waals surface area contributed by atoms with E-state index in [4.69, 9.17) is 0 Å². The van der Waals surface area contributed by atoms with Crippen LogP contribution in [-0.2, 0) is 0 Å². The average Bonchev–Trinajstić information content (AvgIpc) is 3.86. The van der Waals surface area contributed by atoms with Gasteiger partial charge in [-0.25, -0.2) is 4.98 Å². The summed E-state index contributed by atoms with van der Waals surface area (Å²) >= 11 is 3.31. The van der Waals surface area contributed by atoms with Crippen molar-refractivity contribution in [3.05, 3.63) is 120 Å². The minimum absolute atomic E-state index is 0. The number of oxazole rings is 1. The molecule has 5 rings (SSSR count). The first kappa shape index (κ1) is 56.3. The van der Waals surface area contributed by atoms with Crippen LogP contribution in [0, 0.1) is 0 Å². The number of thiazole rings is 1. The Kier molecular flexibility index (Phi) is 110. The Morgan fingerprint density at radius 2 is 0.897 bits per heavy atom. The molecule has 225 valence electrons. The Morgan fingerprint density at radius 3 is 1.03 bits per heavy atom. The monoisotopic (exact) mass is 580 g/mol. The molecule has 0 saturated carbocycles. The van der Waals surface area contributed by atoms with E-state index in [1.54, 1.807) is 53.1 Å². The van der Waals surface area contributed by atoms with Crippen LogP contribution < -0.4 is 0 Å². The van der Waals surface area contributed by atoms with Gasteiger partial charge in [-0.3, -0.25) is 4.98 Å². The Morgan fingerprint density at radius 1 is 0.462 bits per heavy atom. The van der Waals surface area contributed by atoms with Crippen LogP contribution in [0.2, 0.25) is 0 Å². The van der Waals surface area contributed by atoms with Crippen molar-refractivity contribution in [1.82, 2.24) is 9.97 Å². The molecule has 0 fully saturated rings. The quantitative estimate of drug-likeness (QED) is 0.171. The van der Waals surface area contributed by atoms with Crippen LogP contribution in [0.3, 0.4) is 0 Å². The lowest BCUT2D eigenvalue weighted by molar-refractivity contribution is 0.558. The van der Waals surface area contributed by atoms with E-state index in [9.17, 15) is 0 Å². The molecule has 0 unspecified atom stereocenters. The van der Waals surface area contributed by atoms with Crippen molar-refractivity contribution in [2.75, 3.05) is 0 Å². The van der Waals surface area contributed by atoms with Crippen LogP contribution in [0.15, 0.2) is 129 Å². The van der Waals surface area contributed by atoms with Gasteiger partial charge >= 0.3 is 0 Å². The zero-order valence-electron chi connectivity index (χ0n) is 24.7. The van der Waals surface area contributed by atoms with E-state index in [1.807, 2.05) is 146 Å². The minimum atomic E-state index is 0. The van der Waals surface area contributed by atoms with E-state index < -0.39 is 0 Å². The number of furan rings is 1. The van der Waals surface area contributed by atoms with Crippen molar-refractivity contribution in [3.8, 4) is 0 Å². The van der Waals surface area contributed by atoms with Crippen molar-refractivity contribution in [2.24, 2.45) is 0 Å². The molecule has 5 aromatic rings. The van der Waals surface area contributed by atoms with E-state index in [0.29, 0.717) is 0 Å². The third-order valence-electron chi connectivity index (χ3n) is 2.21. The number of rotatable bonds is 0. The molecule has 4 nitrogen and oxygen atoms in total. The summed E-state index contributed by atoms with van der Waals surface area (Å²) in [6.07, 6.45) is 9.49. The molecular weight excluding hydrogens is 519 g/mol. The number of benzene rings is 1. The molecule has 0 aliphatic carbocycles. The predicted molar refractivity (Wildman–Crippen MR) is 186 cm³/mol. The lowest BCUT2D eigenvalue weighted by Crippen LogP contribution is -1.47. The number of thiophene rings is 1. The molecule has 0 amide bonds. The molecular formula is C32H60BN2O2S2. The standard InChI is InChI=1S/C6H6.C4H4O.C4H4S.C3H3NO.C3H3NS.5C2H6.2CH4.B.H2/c1-2-4-6-5-3-1;2*1-2-4-5-3-1;2*1-2-5-3-4-1;5*1-2;;;;/h1-6H;2*1-4H;2*1-3H;5*1-2H3;2*1H4;;1H/i;;;;;;;;;;;;;1+1. The lowest BCUT2D eigenvalue weighted by atomic mass is 10.4. The fourth-order valence-corrected chi connectivity index (χ4v) is 1.99. The van der Waals surface area contributed by atoms with Gasteiger partial charge in [-0.15, -0.1) is 11.3 Å². The van der Waals surface area contributed by atoms with Crippen molar-refractivity contribution in [1.29, 1.82) is 0 Å². The first-order chi connectivity index (χ1) is 18.0. The molecule has 4 heterocycles. The number of aromatic nitrogens is 2. The maximum absolute atomic E-state index is 4.58. The summed E-state index contributed by atoms with van der Waals surface area (Å²) in [5, 5.41) is 6.01. The Bertz CT molecular complexity index is 556. The molecule has 39 heavy (non-hydrogen) atoms. The topological polar surface area (TPSA) is 52.1 Å². The molecule has 0 bridgehead atoms. The highest BCUT2D eigenvalue weighted by molar-refractivity contribution is 7.07. The highest BCUT2D eigenvalue weighted by Gasteiger charge is 1.61. The van der Waals surface area contributed by atoms with E-state index in [-0.39, 0.29) is 24.7 Å².